The number of aliphatic hydroxyl groups is 3. The lowest BCUT2D eigenvalue weighted by Gasteiger charge is -2.36. The molecule has 19 heavy (non-hydrogen) atoms. The molecule has 1 aliphatic carbocycles. The lowest BCUT2D eigenvalue weighted by molar-refractivity contribution is -0.191. The van der Waals surface area contributed by atoms with Gasteiger partial charge in [0.05, 0.1) is 6.61 Å². The van der Waals surface area contributed by atoms with Gasteiger partial charge in [-0.1, -0.05) is 6.42 Å². The van der Waals surface area contributed by atoms with Crippen LogP contribution in [0.4, 0.5) is 0 Å². The first-order valence-electron chi connectivity index (χ1n) is 6.71. The third-order valence-corrected chi connectivity index (χ3v) is 3.80. The standard InChI is InChI=1S/C12H21NO5S/c14-8-6-17-11(10(16)9(8)15)13-12(19)18-7-4-2-1-3-5-7/h7-11,14-16H,1-6H2,(H,13,19)/t8-,9+,10-,11+/m1/s1. The Morgan fingerprint density at radius 3 is 2.47 bits per heavy atom. The Balaban J connectivity index is 1.78. The fourth-order valence-electron chi connectivity index (χ4n) is 2.42. The van der Waals surface area contributed by atoms with Gasteiger partial charge in [0.25, 0.3) is 5.17 Å². The molecular weight excluding hydrogens is 270 g/mol. The number of aliphatic hydroxyl groups excluding tert-OH is 3. The second kappa shape index (κ2) is 6.81. The molecule has 0 radical (unpaired) electrons. The number of hydrogen-bond acceptors (Lipinski definition) is 6. The normalized spacial score (nSPS) is 36.8. The molecule has 0 aromatic rings. The van der Waals surface area contributed by atoms with E-state index in [1.165, 1.54) is 6.42 Å². The zero-order valence-electron chi connectivity index (χ0n) is 10.7. The topological polar surface area (TPSA) is 91.2 Å². The monoisotopic (exact) mass is 291 g/mol. The molecule has 0 bridgehead atoms. The van der Waals surface area contributed by atoms with Crippen LogP contribution in [0, 0.1) is 0 Å². The molecular formula is C12H21NO5S. The first-order chi connectivity index (χ1) is 9.08. The van der Waals surface area contributed by atoms with Gasteiger partial charge in [0, 0.05) is 0 Å². The molecule has 4 atom stereocenters. The Morgan fingerprint density at radius 2 is 1.79 bits per heavy atom. The van der Waals surface area contributed by atoms with Crippen LogP contribution in [0.25, 0.3) is 0 Å². The lowest BCUT2D eigenvalue weighted by Crippen LogP contribution is -2.59. The molecule has 6 nitrogen and oxygen atoms in total. The first kappa shape index (κ1) is 14.9. The van der Waals surface area contributed by atoms with Crippen LogP contribution >= 0.6 is 12.2 Å². The van der Waals surface area contributed by atoms with Gasteiger partial charge in [-0.3, -0.25) is 0 Å². The quantitative estimate of drug-likeness (QED) is 0.517. The summed E-state index contributed by atoms with van der Waals surface area (Å²) in [5, 5.41) is 31.5. The van der Waals surface area contributed by atoms with Gasteiger partial charge in [0.1, 0.15) is 24.4 Å². The van der Waals surface area contributed by atoms with Crippen molar-refractivity contribution in [1.82, 2.24) is 5.32 Å². The molecule has 1 saturated heterocycles. The third-order valence-electron chi connectivity index (χ3n) is 3.59. The van der Waals surface area contributed by atoms with Crippen molar-refractivity contribution in [3.8, 4) is 0 Å². The van der Waals surface area contributed by atoms with E-state index in [0.717, 1.165) is 25.7 Å². The molecule has 2 aliphatic rings. The first-order valence-corrected chi connectivity index (χ1v) is 7.11. The summed E-state index contributed by atoms with van der Waals surface area (Å²) < 4.78 is 10.8. The van der Waals surface area contributed by atoms with E-state index in [0.29, 0.717) is 0 Å². The van der Waals surface area contributed by atoms with Crippen molar-refractivity contribution in [1.29, 1.82) is 0 Å². The minimum Gasteiger partial charge on any atom is -0.468 e. The maximum absolute atomic E-state index is 9.75. The summed E-state index contributed by atoms with van der Waals surface area (Å²) in [6, 6.07) is 0. The molecule has 2 rings (SSSR count). The maximum Gasteiger partial charge on any atom is 0.259 e. The van der Waals surface area contributed by atoms with Crippen molar-refractivity contribution >= 4 is 17.4 Å². The summed E-state index contributed by atoms with van der Waals surface area (Å²) in [4.78, 5) is 0. The summed E-state index contributed by atoms with van der Waals surface area (Å²) in [5.74, 6) is 0. The van der Waals surface area contributed by atoms with E-state index in [2.05, 4.69) is 5.32 Å². The molecule has 0 aromatic heterocycles. The summed E-state index contributed by atoms with van der Waals surface area (Å²) >= 11 is 5.07. The highest BCUT2D eigenvalue weighted by atomic mass is 32.1. The molecule has 2 fully saturated rings. The third kappa shape index (κ3) is 4.00. The van der Waals surface area contributed by atoms with Crippen molar-refractivity contribution in [2.75, 3.05) is 6.61 Å². The Morgan fingerprint density at radius 1 is 1.11 bits per heavy atom. The zero-order valence-corrected chi connectivity index (χ0v) is 11.5. The smallest absolute Gasteiger partial charge is 0.259 e. The Hall–Kier alpha value is -0.470. The van der Waals surface area contributed by atoms with E-state index >= 15 is 0 Å². The average molecular weight is 291 g/mol. The second-order valence-corrected chi connectivity index (χ2v) is 5.48. The van der Waals surface area contributed by atoms with Crippen LogP contribution in [-0.4, -0.2) is 57.7 Å². The predicted molar refractivity (Wildman–Crippen MR) is 71.5 cm³/mol. The van der Waals surface area contributed by atoms with Crippen LogP contribution in [0.5, 0.6) is 0 Å². The van der Waals surface area contributed by atoms with Crippen LogP contribution in [-0.2, 0) is 9.47 Å². The van der Waals surface area contributed by atoms with Gasteiger partial charge in [0.15, 0.2) is 6.23 Å². The highest BCUT2D eigenvalue weighted by Gasteiger charge is 2.38. The Labute approximate surface area is 117 Å². The Kier molecular flexibility index (Phi) is 5.35. The summed E-state index contributed by atoms with van der Waals surface area (Å²) in [7, 11) is 0. The van der Waals surface area contributed by atoms with Crippen LogP contribution < -0.4 is 5.32 Å². The summed E-state index contributed by atoms with van der Waals surface area (Å²) in [6.45, 7) is -0.0536. The van der Waals surface area contributed by atoms with Crippen molar-refractivity contribution in [2.24, 2.45) is 0 Å². The summed E-state index contributed by atoms with van der Waals surface area (Å²) in [6.07, 6.45) is 1.17. The molecule has 0 spiro atoms. The predicted octanol–water partition coefficient (Wildman–Crippen LogP) is -0.351. The molecule has 1 saturated carbocycles. The molecule has 4 N–H and O–H groups in total. The van der Waals surface area contributed by atoms with Crippen LogP contribution in [0.2, 0.25) is 0 Å². The van der Waals surface area contributed by atoms with E-state index in [1.54, 1.807) is 0 Å². The lowest BCUT2D eigenvalue weighted by atomic mass is 9.98. The summed E-state index contributed by atoms with van der Waals surface area (Å²) in [5.41, 5.74) is 0. The van der Waals surface area contributed by atoms with E-state index in [1.807, 2.05) is 0 Å². The number of rotatable bonds is 2. The van der Waals surface area contributed by atoms with Gasteiger partial charge < -0.3 is 30.1 Å². The van der Waals surface area contributed by atoms with Gasteiger partial charge in [-0.2, -0.15) is 0 Å². The van der Waals surface area contributed by atoms with Gasteiger partial charge in [-0.05, 0) is 37.9 Å². The molecule has 110 valence electrons. The SMILES string of the molecule is O[C@@H]1[C@@H](O)[C@@H](NC(=S)OC2CCCCC2)OC[C@H]1O. The molecule has 0 aromatic carbocycles. The molecule has 0 amide bonds. The van der Waals surface area contributed by atoms with Crippen molar-refractivity contribution in [3.05, 3.63) is 0 Å². The van der Waals surface area contributed by atoms with Gasteiger partial charge in [0.2, 0.25) is 0 Å². The van der Waals surface area contributed by atoms with Gasteiger partial charge in [-0.15, -0.1) is 0 Å². The molecule has 1 heterocycles. The number of thiocarbonyl (C=S) groups is 1. The van der Waals surface area contributed by atoms with E-state index < -0.39 is 24.5 Å². The second-order valence-electron chi connectivity index (χ2n) is 5.11. The highest BCUT2D eigenvalue weighted by Crippen LogP contribution is 2.21. The molecule has 0 unspecified atom stereocenters. The fourth-order valence-corrected chi connectivity index (χ4v) is 2.67. The number of ether oxygens (including phenoxy) is 2. The zero-order chi connectivity index (χ0) is 13.8. The van der Waals surface area contributed by atoms with Crippen LogP contribution in [0.1, 0.15) is 32.1 Å². The van der Waals surface area contributed by atoms with E-state index in [9.17, 15) is 15.3 Å². The number of nitrogens with one attached hydrogen (secondary N) is 1. The van der Waals surface area contributed by atoms with Gasteiger partial charge >= 0.3 is 0 Å². The molecule has 7 heteroatoms. The maximum atomic E-state index is 9.75. The van der Waals surface area contributed by atoms with Crippen molar-refractivity contribution < 1.29 is 24.8 Å². The Bertz CT molecular complexity index is 310. The average Bonchev–Trinajstić information content (AvgIpc) is 2.41. The highest BCUT2D eigenvalue weighted by molar-refractivity contribution is 7.80. The van der Waals surface area contributed by atoms with E-state index in [4.69, 9.17) is 21.7 Å². The number of hydrogen-bond donors (Lipinski definition) is 4. The van der Waals surface area contributed by atoms with Crippen LogP contribution in [0.15, 0.2) is 0 Å². The van der Waals surface area contributed by atoms with Crippen LogP contribution in [0.3, 0.4) is 0 Å². The van der Waals surface area contributed by atoms with Crippen molar-refractivity contribution in [2.45, 2.75) is 62.7 Å². The minimum atomic E-state index is -1.25. The molecule has 1 aliphatic heterocycles. The largest absolute Gasteiger partial charge is 0.468 e. The fraction of sp³-hybridized carbons (Fsp3) is 0.917. The van der Waals surface area contributed by atoms with Gasteiger partial charge in [-0.25, -0.2) is 0 Å². The van der Waals surface area contributed by atoms with E-state index in [-0.39, 0.29) is 17.9 Å². The minimum absolute atomic E-state index is 0.0536. The van der Waals surface area contributed by atoms with Crippen molar-refractivity contribution in [3.63, 3.8) is 0 Å².